The molecular weight excluding hydrogens is 232 g/mol. The lowest BCUT2D eigenvalue weighted by molar-refractivity contribution is 0.633. The van der Waals surface area contributed by atoms with E-state index in [2.05, 4.69) is 19.1 Å². The van der Waals surface area contributed by atoms with Crippen LogP contribution in [0.1, 0.15) is 44.6 Å². The van der Waals surface area contributed by atoms with E-state index in [-0.39, 0.29) is 0 Å². The predicted octanol–water partition coefficient (Wildman–Crippen LogP) is 4.52. The molecule has 0 saturated heterocycles. The summed E-state index contributed by atoms with van der Waals surface area (Å²) in [7, 11) is 0. The zero-order chi connectivity index (χ0) is 13.7. The fraction of sp³-hybridized carbons (Fsp3) is 0.412. The molecule has 0 saturated carbocycles. The number of hydrogen-bond donors (Lipinski definition) is 2. The van der Waals surface area contributed by atoms with Gasteiger partial charge in [0.25, 0.3) is 0 Å². The van der Waals surface area contributed by atoms with Gasteiger partial charge in [-0.05, 0) is 24.5 Å². The first kappa shape index (κ1) is 13.7. The molecule has 0 aliphatic carbocycles. The lowest BCUT2D eigenvalue weighted by Gasteiger charge is -2.11. The maximum atomic E-state index is 6.27. The normalized spacial score (nSPS) is 11.0. The van der Waals surface area contributed by atoms with Crippen LogP contribution >= 0.6 is 0 Å². The molecule has 0 radical (unpaired) electrons. The van der Waals surface area contributed by atoms with Crippen molar-refractivity contribution in [2.45, 2.75) is 45.4 Å². The Morgan fingerprint density at radius 3 is 2.32 bits per heavy atom. The van der Waals surface area contributed by atoms with E-state index in [1.165, 1.54) is 37.7 Å². The van der Waals surface area contributed by atoms with Gasteiger partial charge in [-0.1, -0.05) is 56.9 Å². The number of nitrogen functional groups attached to an aromatic ring is 2. The lowest BCUT2D eigenvalue weighted by atomic mass is 9.98. The second kappa shape index (κ2) is 6.46. The van der Waals surface area contributed by atoms with Crippen molar-refractivity contribution in [2.24, 2.45) is 0 Å². The standard InChI is InChI=1S/C17H24N2/c1-2-3-4-5-6-9-13-12-16(18)14-10-7-8-11-15(14)17(13)19/h7-8,10-12H,2-6,9,18-19H2,1H3. The molecule has 2 nitrogen and oxygen atoms in total. The summed E-state index contributed by atoms with van der Waals surface area (Å²) in [4.78, 5) is 0. The smallest absolute Gasteiger partial charge is 0.0427 e. The van der Waals surface area contributed by atoms with Gasteiger partial charge in [0.1, 0.15) is 0 Å². The second-order valence-corrected chi connectivity index (χ2v) is 5.25. The predicted molar refractivity (Wildman–Crippen MR) is 85.2 cm³/mol. The van der Waals surface area contributed by atoms with E-state index in [1.54, 1.807) is 0 Å². The molecule has 0 aliphatic heterocycles. The zero-order valence-corrected chi connectivity index (χ0v) is 11.8. The minimum Gasteiger partial charge on any atom is -0.398 e. The minimum atomic E-state index is 0.841. The van der Waals surface area contributed by atoms with Crippen molar-refractivity contribution in [3.05, 3.63) is 35.9 Å². The number of aryl methyl sites for hydroxylation is 1. The number of nitrogens with two attached hydrogens (primary N) is 2. The topological polar surface area (TPSA) is 52.0 Å². The Bertz CT molecular complexity index is 546. The Balaban J connectivity index is 2.13. The highest BCUT2D eigenvalue weighted by Gasteiger charge is 2.07. The molecule has 0 atom stereocenters. The van der Waals surface area contributed by atoms with Gasteiger partial charge in [-0.3, -0.25) is 0 Å². The van der Waals surface area contributed by atoms with Gasteiger partial charge < -0.3 is 11.5 Å². The third kappa shape index (κ3) is 3.19. The highest BCUT2D eigenvalue weighted by Crippen LogP contribution is 2.30. The quantitative estimate of drug-likeness (QED) is 0.590. The van der Waals surface area contributed by atoms with Crippen LogP contribution in [0.2, 0.25) is 0 Å². The molecule has 0 spiro atoms. The van der Waals surface area contributed by atoms with E-state index >= 15 is 0 Å². The van der Waals surface area contributed by atoms with Crippen molar-refractivity contribution < 1.29 is 0 Å². The molecule has 19 heavy (non-hydrogen) atoms. The van der Waals surface area contributed by atoms with Gasteiger partial charge in [-0.2, -0.15) is 0 Å². The van der Waals surface area contributed by atoms with Crippen molar-refractivity contribution in [3.8, 4) is 0 Å². The van der Waals surface area contributed by atoms with E-state index in [9.17, 15) is 0 Å². The summed E-state index contributed by atoms with van der Waals surface area (Å²) in [6.45, 7) is 2.24. The highest BCUT2D eigenvalue weighted by molar-refractivity contribution is 6.01. The summed E-state index contributed by atoms with van der Waals surface area (Å²) in [5.41, 5.74) is 15.3. The zero-order valence-electron chi connectivity index (χ0n) is 11.8. The van der Waals surface area contributed by atoms with E-state index in [0.717, 1.165) is 28.6 Å². The first-order valence-corrected chi connectivity index (χ1v) is 7.29. The molecule has 0 heterocycles. The first-order chi connectivity index (χ1) is 9.24. The number of rotatable bonds is 6. The highest BCUT2D eigenvalue weighted by atomic mass is 14.6. The van der Waals surface area contributed by atoms with Crippen molar-refractivity contribution in [3.63, 3.8) is 0 Å². The van der Waals surface area contributed by atoms with Crippen LogP contribution in [-0.4, -0.2) is 0 Å². The van der Waals surface area contributed by atoms with Crippen LogP contribution in [0.3, 0.4) is 0 Å². The van der Waals surface area contributed by atoms with Crippen LogP contribution in [0.25, 0.3) is 10.8 Å². The number of anilines is 2. The van der Waals surface area contributed by atoms with Crippen LogP contribution in [0, 0.1) is 0 Å². The third-order valence-corrected chi connectivity index (χ3v) is 3.75. The Labute approximate surface area is 115 Å². The molecule has 0 aliphatic rings. The van der Waals surface area contributed by atoms with Crippen molar-refractivity contribution >= 4 is 22.1 Å². The molecule has 102 valence electrons. The molecule has 2 rings (SSSR count). The largest absolute Gasteiger partial charge is 0.398 e. The van der Waals surface area contributed by atoms with Gasteiger partial charge in [-0.15, -0.1) is 0 Å². The maximum Gasteiger partial charge on any atom is 0.0427 e. The number of benzene rings is 2. The van der Waals surface area contributed by atoms with Crippen LogP contribution in [0.5, 0.6) is 0 Å². The number of hydrogen-bond acceptors (Lipinski definition) is 2. The van der Waals surface area contributed by atoms with Crippen molar-refractivity contribution in [1.29, 1.82) is 0 Å². The maximum absolute atomic E-state index is 6.27. The monoisotopic (exact) mass is 256 g/mol. The Morgan fingerprint density at radius 1 is 0.895 bits per heavy atom. The minimum absolute atomic E-state index is 0.841. The molecule has 0 bridgehead atoms. The summed E-state index contributed by atoms with van der Waals surface area (Å²) in [6, 6.07) is 10.2. The van der Waals surface area contributed by atoms with Crippen LogP contribution in [-0.2, 0) is 6.42 Å². The van der Waals surface area contributed by atoms with Gasteiger partial charge in [0.05, 0.1) is 0 Å². The van der Waals surface area contributed by atoms with Gasteiger partial charge >= 0.3 is 0 Å². The molecule has 2 heteroatoms. The molecule has 0 amide bonds. The van der Waals surface area contributed by atoms with Gasteiger partial charge in [-0.25, -0.2) is 0 Å². The fourth-order valence-electron chi connectivity index (χ4n) is 2.61. The molecule has 4 N–H and O–H groups in total. The molecule has 2 aromatic rings. The summed E-state index contributed by atoms with van der Waals surface area (Å²) in [6.07, 6.45) is 7.44. The first-order valence-electron chi connectivity index (χ1n) is 7.29. The Hall–Kier alpha value is -1.70. The van der Waals surface area contributed by atoms with Crippen molar-refractivity contribution in [2.75, 3.05) is 11.5 Å². The van der Waals surface area contributed by atoms with E-state index in [1.807, 2.05) is 18.2 Å². The third-order valence-electron chi connectivity index (χ3n) is 3.75. The molecule has 0 aromatic heterocycles. The van der Waals surface area contributed by atoms with Crippen LogP contribution in [0.4, 0.5) is 11.4 Å². The summed E-state index contributed by atoms with van der Waals surface area (Å²) >= 11 is 0. The summed E-state index contributed by atoms with van der Waals surface area (Å²) < 4.78 is 0. The fourth-order valence-corrected chi connectivity index (χ4v) is 2.61. The van der Waals surface area contributed by atoms with E-state index in [0.29, 0.717) is 0 Å². The molecule has 0 fully saturated rings. The number of unbranched alkanes of at least 4 members (excludes halogenated alkanes) is 4. The van der Waals surface area contributed by atoms with Gasteiger partial charge in [0.15, 0.2) is 0 Å². The van der Waals surface area contributed by atoms with Gasteiger partial charge in [0.2, 0.25) is 0 Å². The van der Waals surface area contributed by atoms with E-state index < -0.39 is 0 Å². The summed E-state index contributed by atoms with van der Waals surface area (Å²) in [5, 5.41) is 2.15. The van der Waals surface area contributed by atoms with Crippen LogP contribution < -0.4 is 11.5 Å². The van der Waals surface area contributed by atoms with Crippen LogP contribution in [0.15, 0.2) is 30.3 Å². The Kier molecular flexibility index (Phi) is 4.67. The molecule has 2 aromatic carbocycles. The number of fused-ring (bicyclic) bond motifs is 1. The Morgan fingerprint density at radius 2 is 1.58 bits per heavy atom. The molecular formula is C17H24N2. The average Bonchev–Trinajstić information content (AvgIpc) is 2.44. The van der Waals surface area contributed by atoms with Crippen molar-refractivity contribution in [1.82, 2.24) is 0 Å². The SMILES string of the molecule is CCCCCCCc1cc(N)c2ccccc2c1N. The van der Waals surface area contributed by atoms with E-state index in [4.69, 9.17) is 11.5 Å². The average molecular weight is 256 g/mol. The van der Waals surface area contributed by atoms with Gasteiger partial charge in [0, 0.05) is 22.1 Å². The molecule has 0 unspecified atom stereocenters. The second-order valence-electron chi connectivity index (χ2n) is 5.25. The summed E-state index contributed by atoms with van der Waals surface area (Å²) in [5.74, 6) is 0. The lowest BCUT2D eigenvalue weighted by Crippen LogP contribution is -1.99.